The van der Waals surface area contributed by atoms with E-state index in [1.165, 1.54) is 17.4 Å². The highest BCUT2D eigenvalue weighted by molar-refractivity contribution is 7.15. The molecule has 1 heterocycles. The molecule has 0 spiro atoms. The number of nitrogens with zero attached hydrogens (tertiary/aromatic N) is 1. The van der Waals surface area contributed by atoms with Gasteiger partial charge in [0.05, 0.1) is 5.56 Å². The van der Waals surface area contributed by atoms with Gasteiger partial charge >= 0.3 is 6.18 Å². The van der Waals surface area contributed by atoms with Gasteiger partial charge in [0, 0.05) is 23.2 Å². The van der Waals surface area contributed by atoms with Gasteiger partial charge in [0.1, 0.15) is 5.01 Å². The van der Waals surface area contributed by atoms with Crippen LogP contribution in [-0.2, 0) is 12.7 Å². The Morgan fingerprint density at radius 3 is 2.65 bits per heavy atom. The van der Waals surface area contributed by atoms with Crippen molar-refractivity contribution in [3.8, 4) is 10.6 Å². The van der Waals surface area contributed by atoms with Crippen LogP contribution in [0.2, 0.25) is 0 Å². The molecule has 0 unspecified atom stereocenters. The number of thiazole rings is 1. The minimum atomic E-state index is -4.33. The lowest BCUT2D eigenvalue weighted by Crippen LogP contribution is -2.04. The fraction of sp³-hybridized carbons (Fsp3) is 0.182. The molecule has 1 aromatic carbocycles. The quantitative estimate of drug-likeness (QED) is 0.897. The lowest BCUT2D eigenvalue weighted by atomic mass is 10.1. The zero-order valence-corrected chi connectivity index (χ0v) is 9.48. The topological polar surface area (TPSA) is 38.9 Å². The minimum Gasteiger partial charge on any atom is -0.326 e. The predicted molar refractivity (Wildman–Crippen MR) is 60.4 cm³/mol. The van der Waals surface area contributed by atoms with E-state index in [1.54, 1.807) is 12.3 Å². The third-order valence-corrected chi connectivity index (χ3v) is 3.26. The van der Waals surface area contributed by atoms with Crippen molar-refractivity contribution in [3.05, 3.63) is 40.9 Å². The molecule has 2 aromatic rings. The number of hydrogen-bond donors (Lipinski definition) is 1. The molecule has 0 amide bonds. The summed E-state index contributed by atoms with van der Waals surface area (Å²) in [6, 6.07) is 5.12. The summed E-state index contributed by atoms with van der Waals surface area (Å²) >= 11 is 1.30. The predicted octanol–water partition coefficient (Wildman–Crippen LogP) is 3.29. The average Bonchev–Trinajstić information content (AvgIpc) is 2.76. The molecule has 2 rings (SSSR count). The smallest absolute Gasteiger partial charge is 0.326 e. The van der Waals surface area contributed by atoms with E-state index in [0.29, 0.717) is 17.1 Å². The van der Waals surface area contributed by atoms with Gasteiger partial charge in [-0.15, -0.1) is 11.3 Å². The molecule has 1 aromatic heterocycles. The molecule has 0 radical (unpaired) electrons. The third-order valence-electron chi connectivity index (χ3n) is 2.19. The third kappa shape index (κ3) is 2.65. The fourth-order valence-electron chi connectivity index (χ4n) is 1.36. The molecule has 0 saturated carbocycles. The van der Waals surface area contributed by atoms with Crippen LogP contribution >= 0.6 is 11.3 Å². The fourth-order valence-corrected chi connectivity index (χ4v) is 2.15. The van der Waals surface area contributed by atoms with Crippen LogP contribution in [0.3, 0.4) is 0 Å². The maximum Gasteiger partial charge on any atom is 0.416 e. The summed E-state index contributed by atoms with van der Waals surface area (Å²) in [7, 11) is 0. The standard InChI is InChI=1S/C11H9F3N2S/c12-11(13,14)8-3-1-2-7(4-8)10-16-6-9(5-15)17-10/h1-4,6H,5,15H2. The maximum atomic E-state index is 12.5. The van der Waals surface area contributed by atoms with Crippen molar-refractivity contribution in [2.45, 2.75) is 12.7 Å². The van der Waals surface area contributed by atoms with Gasteiger partial charge < -0.3 is 5.73 Å². The summed E-state index contributed by atoms with van der Waals surface area (Å²) in [6.45, 7) is 0.344. The molecular formula is C11H9F3N2S. The second-order valence-corrected chi connectivity index (χ2v) is 4.53. The van der Waals surface area contributed by atoms with E-state index in [4.69, 9.17) is 5.73 Å². The molecule has 6 heteroatoms. The summed E-state index contributed by atoms with van der Waals surface area (Å²) in [5, 5.41) is 0.552. The number of halogens is 3. The number of hydrogen-bond acceptors (Lipinski definition) is 3. The molecule has 0 saturated heterocycles. The van der Waals surface area contributed by atoms with Crippen LogP contribution in [-0.4, -0.2) is 4.98 Å². The Morgan fingerprint density at radius 1 is 1.29 bits per heavy atom. The lowest BCUT2D eigenvalue weighted by Gasteiger charge is -2.07. The van der Waals surface area contributed by atoms with Gasteiger partial charge in [-0.2, -0.15) is 13.2 Å². The van der Waals surface area contributed by atoms with Gasteiger partial charge in [-0.3, -0.25) is 0 Å². The first-order valence-electron chi connectivity index (χ1n) is 4.83. The Bertz CT molecular complexity index is 519. The van der Waals surface area contributed by atoms with Crippen molar-refractivity contribution in [1.29, 1.82) is 0 Å². The summed E-state index contributed by atoms with van der Waals surface area (Å²) in [5.41, 5.74) is 5.23. The summed E-state index contributed by atoms with van der Waals surface area (Å²) in [4.78, 5) is 4.90. The first-order valence-corrected chi connectivity index (χ1v) is 5.65. The number of rotatable bonds is 2. The summed E-state index contributed by atoms with van der Waals surface area (Å²) in [6.07, 6.45) is -2.75. The highest BCUT2D eigenvalue weighted by atomic mass is 32.1. The van der Waals surface area contributed by atoms with Gasteiger partial charge in [-0.25, -0.2) is 4.98 Å². The van der Waals surface area contributed by atoms with Crippen LogP contribution in [0.4, 0.5) is 13.2 Å². The van der Waals surface area contributed by atoms with Gasteiger partial charge in [0.2, 0.25) is 0 Å². The van der Waals surface area contributed by atoms with Crippen LogP contribution in [0.25, 0.3) is 10.6 Å². The van der Waals surface area contributed by atoms with Crippen molar-refractivity contribution < 1.29 is 13.2 Å². The van der Waals surface area contributed by atoms with Crippen LogP contribution in [0.5, 0.6) is 0 Å². The van der Waals surface area contributed by atoms with Crippen LogP contribution < -0.4 is 5.73 Å². The molecule has 0 aliphatic carbocycles. The van der Waals surface area contributed by atoms with Crippen molar-refractivity contribution in [1.82, 2.24) is 4.98 Å². The van der Waals surface area contributed by atoms with Crippen molar-refractivity contribution >= 4 is 11.3 Å². The van der Waals surface area contributed by atoms with Crippen LogP contribution in [0.1, 0.15) is 10.4 Å². The molecule has 0 aliphatic rings. The van der Waals surface area contributed by atoms with E-state index >= 15 is 0 Å². The maximum absolute atomic E-state index is 12.5. The SMILES string of the molecule is NCc1cnc(-c2cccc(C(F)(F)F)c2)s1. The first kappa shape index (κ1) is 12.1. The van der Waals surface area contributed by atoms with E-state index in [9.17, 15) is 13.2 Å². The minimum absolute atomic E-state index is 0.344. The molecule has 0 bridgehead atoms. The average molecular weight is 258 g/mol. The molecule has 17 heavy (non-hydrogen) atoms. The Balaban J connectivity index is 2.39. The van der Waals surface area contributed by atoms with Gasteiger partial charge in [-0.05, 0) is 12.1 Å². The van der Waals surface area contributed by atoms with Gasteiger partial charge in [0.25, 0.3) is 0 Å². The van der Waals surface area contributed by atoms with E-state index in [2.05, 4.69) is 4.98 Å². The lowest BCUT2D eigenvalue weighted by molar-refractivity contribution is -0.137. The number of aromatic nitrogens is 1. The number of alkyl halides is 3. The number of benzene rings is 1. The Hall–Kier alpha value is -1.40. The molecule has 2 nitrogen and oxygen atoms in total. The van der Waals surface area contributed by atoms with Crippen molar-refractivity contribution in [2.24, 2.45) is 5.73 Å². The molecule has 90 valence electrons. The molecular weight excluding hydrogens is 249 g/mol. The number of nitrogens with two attached hydrogens (primary N) is 1. The van der Waals surface area contributed by atoms with Gasteiger partial charge in [0.15, 0.2) is 0 Å². The second kappa shape index (κ2) is 4.46. The largest absolute Gasteiger partial charge is 0.416 e. The van der Waals surface area contributed by atoms with E-state index in [1.807, 2.05) is 0 Å². The summed E-state index contributed by atoms with van der Waals surface area (Å²) in [5.74, 6) is 0. The molecule has 2 N–H and O–H groups in total. The highest BCUT2D eigenvalue weighted by Gasteiger charge is 2.30. The van der Waals surface area contributed by atoms with Crippen LogP contribution in [0.15, 0.2) is 30.5 Å². The van der Waals surface area contributed by atoms with Gasteiger partial charge in [-0.1, -0.05) is 12.1 Å². The first-order chi connectivity index (χ1) is 8.00. The normalized spacial score (nSPS) is 11.8. The Kier molecular flexibility index (Phi) is 3.17. The summed E-state index contributed by atoms with van der Waals surface area (Å²) < 4.78 is 37.6. The molecule has 0 aliphatic heterocycles. The highest BCUT2D eigenvalue weighted by Crippen LogP contribution is 2.33. The monoisotopic (exact) mass is 258 g/mol. The molecule has 0 atom stereocenters. The Labute approximate surface area is 99.9 Å². The Morgan fingerprint density at radius 2 is 2.06 bits per heavy atom. The molecule has 0 fully saturated rings. The van der Waals surface area contributed by atoms with Crippen LogP contribution in [0, 0.1) is 0 Å². The van der Waals surface area contributed by atoms with Crippen molar-refractivity contribution in [3.63, 3.8) is 0 Å². The van der Waals surface area contributed by atoms with E-state index in [0.717, 1.165) is 17.0 Å². The zero-order chi connectivity index (χ0) is 12.5. The van der Waals surface area contributed by atoms with E-state index < -0.39 is 11.7 Å². The second-order valence-electron chi connectivity index (χ2n) is 3.41. The van der Waals surface area contributed by atoms with E-state index in [-0.39, 0.29) is 0 Å². The zero-order valence-electron chi connectivity index (χ0n) is 8.66. The van der Waals surface area contributed by atoms with Crippen molar-refractivity contribution in [2.75, 3.05) is 0 Å².